The van der Waals surface area contributed by atoms with Crippen LogP contribution in [-0.4, -0.2) is 114 Å². The molecule has 15 atom stereocenters. The van der Waals surface area contributed by atoms with Gasteiger partial charge in [0, 0.05) is 43.5 Å². The Labute approximate surface area is 325 Å². The maximum atomic E-state index is 14.7. The van der Waals surface area contributed by atoms with E-state index in [1.807, 2.05) is 83.9 Å². The zero-order valence-corrected chi connectivity index (χ0v) is 34.9. The van der Waals surface area contributed by atoms with Crippen LogP contribution in [0.2, 0.25) is 0 Å². The summed E-state index contributed by atoms with van der Waals surface area (Å²) in [5, 5.41) is 11.3. The second-order valence-corrected chi connectivity index (χ2v) is 17.5. The number of hydrogen-bond acceptors (Lipinski definition) is 13. The summed E-state index contributed by atoms with van der Waals surface area (Å²) in [6.45, 7) is 15.7. The number of rotatable bonds is 9. The third-order valence-corrected chi connectivity index (χ3v) is 13.4. The predicted octanol–water partition coefficient (Wildman–Crippen LogP) is 5.21. The number of nitrogens with zero attached hydrogens (tertiary/aromatic N) is 1. The monoisotopic (exact) mass is 777 g/mol. The van der Waals surface area contributed by atoms with E-state index in [0.717, 1.165) is 5.56 Å². The fraction of sp³-hybridized carbons (Fsp3) is 0.756. The first kappa shape index (κ1) is 44.2. The van der Waals surface area contributed by atoms with E-state index in [0.29, 0.717) is 18.6 Å². The van der Waals surface area contributed by atoms with Gasteiger partial charge in [-0.05, 0) is 66.6 Å². The number of hydrogen-bond donors (Lipinski definition) is 1. The highest BCUT2D eigenvalue weighted by Gasteiger charge is 2.61. The van der Waals surface area contributed by atoms with E-state index in [1.165, 1.54) is 25.8 Å². The summed E-state index contributed by atoms with van der Waals surface area (Å²) in [5.74, 6) is -4.94. The molecule has 13 heteroatoms. The Morgan fingerprint density at radius 2 is 1.67 bits per heavy atom. The summed E-state index contributed by atoms with van der Waals surface area (Å²) in [7, 11) is 5.32. The minimum atomic E-state index is -1.31. The first-order valence-corrected chi connectivity index (χ1v) is 20.3. The van der Waals surface area contributed by atoms with E-state index in [2.05, 4.69) is 0 Å². The Bertz CT molecular complexity index is 1460. The summed E-state index contributed by atoms with van der Waals surface area (Å²) in [4.78, 5) is 56.9. The first-order valence-electron chi connectivity index (χ1n) is 19.3. The minimum absolute atomic E-state index is 0.107. The molecule has 0 saturated carbocycles. The standard InChI is InChI=1S/C41H63NO11S/c1-13-30-41(9)31(35(38(47)53-41)54-21-28-17-15-14-16-18-28)24(4)32(44)22(2)20-40(8,48-12)36(25(5)33(45)26(6)37(46)51-30)52-39-34(50-27(7)43)29(42(10)11)19-23(3)49-39/h14-18,22-26,29-31,33-36,39,45H,13,19-21H2,1-12H3/t22-,23-,24-,25+,26-,29+,30-,31+,33+,34-,35+,36-,39+,40-,41-/m1/s1. The zero-order valence-electron chi connectivity index (χ0n) is 34.1. The third kappa shape index (κ3) is 9.35. The number of fused-ring (bicyclic) bond motifs is 1. The van der Waals surface area contributed by atoms with Crippen molar-refractivity contribution in [3.05, 3.63) is 35.9 Å². The number of cyclic esters (lactones) is 1. The predicted molar refractivity (Wildman–Crippen MR) is 204 cm³/mol. The van der Waals surface area contributed by atoms with Crippen molar-refractivity contribution in [1.82, 2.24) is 4.90 Å². The Morgan fingerprint density at radius 1 is 1.02 bits per heavy atom. The van der Waals surface area contributed by atoms with Crippen LogP contribution in [-0.2, 0) is 53.4 Å². The Balaban J connectivity index is 1.79. The number of likely N-dealkylation sites (N-methyl/N-ethyl adjacent to an activating group) is 1. The second kappa shape index (κ2) is 18.1. The SMILES string of the molecule is CC[C@H]1OC(=O)[C@H](C)[C@@H](O)[C@H](C)[C@@H](O[C@@H]2O[C@H](C)C[C@H](N(C)C)[C@H]2OC(C)=O)[C@](C)(OC)C[C@@H](C)C(=O)[C@H](C)[C@H]2[C@H](SCc3ccccc3)C(=O)O[C@@]21C. The minimum Gasteiger partial charge on any atom is -0.458 e. The van der Waals surface area contributed by atoms with Crippen LogP contribution in [0.25, 0.3) is 0 Å². The molecule has 3 fully saturated rings. The summed E-state index contributed by atoms with van der Waals surface area (Å²) in [6, 6.07) is 9.53. The Morgan fingerprint density at radius 3 is 2.24 bits per heavy atom. The van der Waals surface area contributed by atoms with Crippen molar-refractivity contribution >= 4 is 35.5 Å². The molecule has 12 nitrogen and oxygen atoms in total. The molecule has 0 amide bonds. The number of thioether (sulfide) groups is 1. The molecule has 0 radical (unpaired) electrons. The van der Waals surface area contributed by atoms with E-state index in [-0.39, 0.29) is 24.3 Å². The third-order valence-electron chi connectivity index (χ3n) is 12.1. The van der Waals surface area contributed by atoms with Gasteiger partial charge in [0.2, 0.25) is 0 Å². The Kier molecular flexibility index (Phi) is 14.8. The van der Waals surface area contributed by atoms with E-state index in [1.54, 1.807) is 20.8 Å². The molecule has 3 aliphatic rings. The highest BCUT2D eigenvalue weighted by atomic mass is 32.2. The van der Waals surface area contributed by atoms with Crippen molar-refractivity contribution in [2.24, 2.45) is 29.6 Å². The van der Waals surface area contributed by atoms with E-state index in [4.69, 9.17) is 28.4 Å². The number of Topliss-reactive ketones (excluding diaryl/α,β-unsaturated/α-hetero) is 1. The number of benzene rings is 1. The van der Waals surface area contributed by atoms with Crippen molar-refractivity contribution in [2.45, 2.75) is 147 Å². The molecule has 4 rings (SSSR count). The summed E-state index contributed by atoms with van der Waals surface area (Å²) in [6.07, 6.45) is -4.23. The average Bonchev–Trinajstić information content (AvgIpc) is 3.39. The van der Waals surface area contributed by atoms with Crippen LogP contribution < -0.4 is 0 Å². The lowest BCUT2D eigenvalue weighted by molar-refractivity contribution is -0.303. The van der Waals surface area contributed by atoms with Crippen molar-refractivity contribution in [2.75, 3.05) is 21.2 Å². The normalized spacial score (nSPS) is 41.1. The van der Waals surface area contributed by atoms with Gasteiger partial charge in [-0.2, -0.15) is 0 Å². The van der Waals surface area contributed by atoms with Gasteiger partial charge in [-0.3, -0.25) is 19.2 Å². The van der Waals surface area contributed by atoms with Gasteiger partial charge in [-0.15, -0.1) is 11.8 Å². The lowest BCUT2D eigenvalue weighted by Crippen LogP contribution is -2.60. The number of ether oxygens (including phenoxy) is 6. The molecule has 3 aliphatic heterocycles. The Hall–Kier alpha value is -2.55. The van der Waals surface area contributed by atoms with Gasteiger partial charge in [0.25, 0.3) is 0 Å². The fourth-order valence-electron chi connectivity index (χ4n) is 8.96. The van der Waals surface area contributed by atoms with Gasteiger partial charge in [0.15, 0.2) is 18.0 Å². The number of methoxy groups -OCH3 is 1. The number of carbonyl (C=O) groups is 4. The highest BCUT2D eigenvalue weighted by molar-refractivity contribution is 7.99. The van der Waals surface area contributed by atoms with Crippen LogP contribution in [0.3, 0.4) is 0 Å². The molecular weight excluding hydrogens is 715 g/mol. The first-order chi connectivity index (χ1) is 25.3. The molecule has 3 heterocycles. The topological polar surface area (TPSA) is 147 Å². The molecule has 1 N–H and O–H groups in total. The number of aliphatic hydroxyl groups is 1. The maximum absolute atomic E-state index is 14.7. The van der Waals surface area contributed by atoms with Crippen molar-refractivity contribution in [1.29, 1.82) is 0 Å². The van der Waals surface area contributed by atoms with Gasteiger partial charge in [0.05, 0.1) is 35.9 Å². The van der Waals surface area contributed by atoms with Gasteiger partial charge in [-0.25, -0.2) is 0 Å². The zero-order chi connectivity index (χ0) is 40.3. The number of ketones is 1. The fourth-order valence-corrected chi connectivity index (χ4v) is 10.4. The van der Waals surface area contributed by atoms with Crippen molar-refractivity contribution < 1.29 is 52.7 Å². The molecule has 3 saturated heterocycles. The van der Waals surface area contributed by atoms with Crippen LogP contribution in [0, 0.1) is 29.6 Å². The molecule has 1 aromatic rings. The van der Waals surface area contributed by atoms with Crippen molar-refractivity contribution in [3.8, 4) is 0 Å². The van der Waals surface area contributed by atoms with Gasteiger partial charge in [-0.1, -0.05) is 58.0 Å². The lowest BCUT2D eigenvalue weighted by Gasteiger charge is -2.48. The van der Waals surface area contributed by atoms with Gasteiger partial charge < -0.3 is 38.4 Å². The molecule has 0 bridgehead atoms. The highest BCUT2D eigenvalue weighted by Crippen LogP contribution is 2.49. The second-order valence-electron chi connectivity index (χ2n) is 16.3. The van der Waals surface area contributed by atoms with Crippen LogP contribution in [0.4, 0.5) is 0 Å². The molecule has 0 unspecified atom stereocenters. The maximum Gasteiger partial charge on any atom is 0.320 e. The van der Waals surface area contributed by atoms with Crippen LogP contribution in [0.1, 0.15) is 87.1 Å². The van der Waals surface area contributed by atoms with E-state index < -0.39 is 94.7 Å². The average molecular weight is 778 g/mol. The summed E-state index contributed by atoms with van der Waals surface area (Å²) < 4.78 is 37.6. The molecule has 1 aromatic carbocycles. The van der Waals surface area contributed by atoms with Gasteiger partial charge >= 0.3 is 17.9 Å². The van der Waals surface area contributed by atoms with Crippen LogP contribution in [0.15, 0.2) is 30.3 Å². The number of carbonyl (C=O) groups excluding carboxylic acids is 4. The van der Waals surface area contributed by atoms with Gasteiger partial charge in [0.1, 0.15) is 17.1 Å². The molecule has 304 valence electrons. The molecule has 54 heavy (non-hydrogen) atoms. The molecule has 0 aromatic heterocycles. The van der Waals surface area contributed by atoms with E-state index >= 15 is 0 Å². The largest absolute Gasteiger partial charge is 0.458 e. The summed E-state index contributed by atoms with van der Waals surface area (Å²) in [5.41, 5.74) is -1.51. The molecular formula is C41H63NO11S. The number of aliphatic hydroxyl groups excluding tert-OH is 1. The van der Waals surface area contributed by atoms with E-state index in [9.17, 15) is 24.3 Å². The smallest absolute Gasteiger partial charge is 0.320 e. The molecule has 0 aliphatic carbocycles. The quantitative estimate of drug-likeness (QED) is 0.259. The number of esters is 3. The lowest BCUT2D eigenvalue weighted by atomic mass is 9.70. The van der Waals surface area contributed by atoms with Crippen LogP contribution >= 0.6 is 11.8 Å². The van der Waals surface area contributed by atoms with Crippen LogP contribution in [0.5, 0.6) is 0 Å². The van der Waals surface area contributed by atoms with Crippen molar-refractivity contribution in [3.63, 3.8) is 0 Å². The summed E-state index contributed by atoms with van der Waals surface area (Å²) >= 11 is 1.42. The molecule has 0 spiro atoms.